The Morgan fingerprint density at radius 1 is 0.974 bits per heavy atom. The first-order valence-electron chi connectivity index (χ1n) is 12.5. The molecular weight excluding hydrogens is 488 g/mol. The van der Waals surface area contributed by atoms with Crippen LogP contribution in [0.1, 0.15) is 43.9 Å². The zero-order valence-corrected chi connectivity index (χ0v) is 21.6. The molecule has 3 aromatic carbocycles. The zero-order valence-electron chi connectivity index (χ0n) is 21.6. The molecule has 3 aromatic rings. The third-order valence-electron chi connectivity index (χ3n) is 6.76. The lowest BCUT2D eigenvalue weighted by Gasteiger charge is -2.28. The van der Waals surface area contributed by atoms with Gasteiger partial charge in [0.05, 0.1) is 13.0 Å². The average molecular weight is 520 g/mol. The molecule has 0 saturated carbocycles. The number of carbonyl (C=O) groups is 3. The van der Waals surface area contributed by atoms with E-state index < -0.39 is 40.9 Å². The third-order valence-corrected chi connectivity index (χ3v) is 6.76. The quantitative estimate of drug-likeness (QED) is 0.486. The van der Waals surface area contributed by atoms with Gasteiger partial charge in [-0.2, -0.15) is 0 Å². The maximum absolute atomic E-state index is 13.8. The summed E-state index contributed by atoms with van der Waals surface area (Å²) in [7, 11) is 0. The number of anilines is 1. The molecule has 0 aliphatic carbocycles. The number of nitrogens with one attached hydrogen (secondary N) is 2. The number of hydrogen-bond donors (Lipinski definition) is 2. The lowest BCUT2D eigenvalue weighted by molar-refractivity contribution is -0.131. The number of fused-ring (bicyclic) bond motifs is 1. The van der Waals surface area contributed by atoms with Gasteiger partial charge in [0.15, 0.2) is 0 Å². The molecule has 3 amide bonds. The number of halogens is 2. The molecule has 198 valence electrons. The summed E-state index contributed by atoms with van der Waals surface area (Å²) in [4.78, 5) is 41.1. The number of carbonyl (C=O) groups excluding carboxylic acids is 3. The summed E-state index contributed by atoms with van der Waals surface area (Å²) in [5, 5.41) is 5.39. The number of benzene rings is 3. The van der Waals surface area contributed by atoms with Crippen molar-refractivity contribution >= 4 is 23.4 Å². The molecule has 0 bridgehead atoms. The van der Waals surface area contributed by atoms with Crippen LogP contribution in [-0.4, -0.2) is 29.8 Å². The molecule has 38 heavy (non-hydrogen) atoms. The molecule has 2 atom stereocenters. The number of para-hydroxylation sites is 1. The van der Waals surface area contributed by atoms with Crippen LogP contribution >= 0.6 is 0 Å². The Morgan fingerprint density at radius 3 is 2.29 bits per heavy atom. The van der Waals surface area contributed by atoms with E-state index >= 15 is 0 Å². The van der Waals surface area contributed by atoms with Crippen LogP contribution in [-0.2, 0) is 32.8 Å². The van der Waals surface area contributed by atoms with Crippen molar-refractivity contribution in [3.8, 4) is 0 Å². The van der Waals surface area contributed by atoms with Crippen LogP contribution in [0.15, 0.2) is 72.8 Å². The highest BCUT2D eigenvalue weighted by molar-refractivity contribution is 6.01. The Bertz CT molecular complexity index is 1320. The maximum Gasteiger partial charge on any atom is 0.249 e. The van der Waals surface area contributed by atoms with Crippen molar-refractivity contribution in [2.75, 3.05) is 4.90 Å². The first-order chi connectivity index (χ1) is 18.0. The highest BCUT2D eigenvalue weighted by Gasteiger charge is 2.40. The van der Waals surface area contributed by atoms with Crippen LogP contribution in [0.4, 0.5) is 14.5 Å². The van der Waals surface area contributed by atoms with E-state index in [2.05, 4.69) is 10.6 Å². The van der Waals surface area contributed by atoms with Crippen molar-refractivity contribution < 1.29 is 23.2 Å². The SMILES string of the molecule is C[C@H](NC(=O)Cc1cc(F)cc(F)c1)C(=O)NC1CC(C)(C)c2ccccc2N(Cc2ccccc2)C1=O. The molecule has 4 rings (SSSR count). The van der Waals surface area contributed by atoms with Crippen LogP contribution in [0.2, 0.25) is 0 Å². The lowest BCUT2D eigenvalue weighted by atomic mass is 9.79. The van der Waals surface area contributed by atoms with E-state index in [-0.39, 0.29) is 17.9 Å². The van der Waals surface area contributed by atoms with Crippen LogP contribution in [0.5, 0.6) is 0 Å². The van der Waals surface area contributed by atoms with Gasteiger partial charge in [0, 0.05) is 11.8 Å². The second-order valence-corrected chi connectivity index (χ2v) is 10.3. The topological polar surface area (TPSA) is 78.5 Å². The van der Waals surface area contributed by atoms with Crippen molar-refractivity contribution in [3.05, 3.63) is 101 Å². The monoisotopic (exact) mass is 519 g/mol. The summed E-state index contributed by atoms with van der Waals surface area (Å²) in [5.74, 6) is -2.90. The molecule has 0 saturated heterocycles. The fraction of sp³-hybridized carbons (Fsp3) is 0.300. The normalized spacial score (nSPS) is 17.2. The predicted molar refractivity (Wildman–Crippen MR) is 141 cm³/mol. The molecule has 0 radical (unpaired) electrons. The van der Waals surface area contributed by atoms with E-state index in [1.807, 2.05) is 68.4 Å². The predicted octanol–water partition coefficient (Wildman–Crippen LogP) is 4.41. The molecule has 1 heterocycles. The van der Waals surface area contributed by atoms with Gasteiger partial charge in [-0.25, -0.2) is 8.78 Å². The Morgan fingerprint density at radius 2 is 1.61 bits per heavy atom. The summed E-state index contributed by atoms with van der Waals surface area (Å²) in [5.41, 5.74) is 2.48. The van der Waals surface area contributed by atoms with Crippen LogP contribution in [0, 0.1) is 11.6 Å². The van der Waals surface area contributed by atoms with Crippen molar-refractivity contribution in [1.29, 1.82) is 0 Å². The van der Waals surface area contributed by atoms with E-state index in [1.54, 1.807) is 4.90 Å². The van der Waals surface area contributed by atoms with E-state index in [1.165, 1.54) is 6.92 Å². The molecule has 1 unspecified atom stereocenters. The van der Waals surface area contributed by atoms with Gasteiger partial charge >= 0.3 is 0 Å². The minimum atomic E-state index is -0.968. The molecule has 0 fully saturated rings. The molecule has 1 aliphatic rings. The van der Waals surface area contributed by atoms with Gasteiger partial charge in [-0.15, -0.1) is 0 Å². The van der Waals surface area contributed by atoms with Gasteiger partial charge in [0.2, 0.25) is 17.7 Å². The second-order valence-electron chi connectivity index (χ2n) is 10.3. The first-order valence-corrected chi connectivity index (χ1v) is 12.5. The van der Waals surface area contributed by atoms with Crippen LogP contribution in [0.3, 0.4) is 0 Å². The van der Waals surface area contributed by atoms with Crippen molar-refractivity contribution in [2.45, 2.75) is 57.7 Å². The largest absolute Gasteiger partial charge is 0.344 e. The molecular formula is C30H31F2N3O3. The molecule has 0 aromatic heterocycles. The second kappa shape index (κ2) is 11.1. The smallest absolute Gasteiger partial charge is 0.249 e. The first kappa shape index (κ1) is 27.0. The Labute approximate surface area is 221 Å². The number of nitrogens with zero attached hydrogens (tertiary/aromatic N) is 1. The third kappa shape index (κ3) is 6.25. The van der Waals surface area contributed by atoms with Gasteiger partial charge in [-0.3, -0.25) is 14.4 Å². The van der Waals surface area contributed by atoms with Gasteiger partial charge < -0.3 is 15.5 Å². The Balaban J connectivity index is 1.51. The van der Waals surface area contributed by atoms with E-state index in [0.717, 1.165) is 35.0 Å². The average Bonchev–Trinajstić information content (AvgIpc) is 2.93. The van der Waals surface area contributed by atoms with Gasteiger partial charge in [-0.05, 0) is 53.6 Å². The summed E-state index contributed by atoms with van der Waals surface area (Å²) in [6, 6.07) is 18.4. The minimum absolute atomic E-state index is 0.155. The summed E-state index contributed by atoms with van der Waals surface area (Å²) >= 11 is 0. The van der Waals surface area contributed by atoms with Crippen molar-refractivity contribution in [2.24, 2.45) is 0 Å². The standard InChI is InChI=1S/C30H31F2N3O3/c1-19(33-27(36)15-21-13-22(31)16-23(32)14-21)28(37)34-25-17-30(2,3)24-11-7-8-12-26(24)35(29(25)38)18-20-9-5-4-6-10-20/h4-14,16,19,25H,15,17-18H2,1-3H3,(H,33,36)(H,34,37)/t19-,25?/m0/s1. The van der Waals surface area contributed by atoms with Gasteiger partial charge in [-0.1, -0.05) is 62.4 Å². The molecule has 1 aliphatic heterocycles. The highest BCUT2D eigenvalue weighted by atomic mass is 19.1. The molecule has 0 spiro atoms. The van der Waals surface area contributed by atoms with Crippen LogP contribution < -0.4 is 15.5 Å². The Kier molecular flexibility index (Phi) is 7.90. The summed E-state index contributed by atoms with van der Waals surface area (Å²) in [6.45, 7) is 5.92. The van der Waals surface area contributed by atoms with Crippen molar-refractivity contribution in [3.63, 3.8) is 0 Å². The Hall–Kier alpha value is -4.07. The number of hydrogen-bond acceptors (Lipinski definition) is 3. The minimum Gasteiger partial charge on any atom is -0.344 e. The van der Waals surface area contributed by atoms with E-state index in [9.17, 15) is 23.2 Å². The molecule has 6 nitrogen and oxygen atoms in total. The zero-order chi connectivity index (χ0) is 27.4. The number of rotatable bonds is 7. The maximum atomic E-state index is 13.8. The van der Waals surface area contributed by atoms with Crippen LogP contribution in [0.25, 0.3) is 0 Å². The molecule has 8 heteroatoms. The lowest BCUT2D eigenvalue weighted by Crippen LogP contribution is -2.54. The fourth-order valence-corrected chi connectivity index (χ4v) is 4.89. The van der Waals surface area contributed by atoms with Gasteiger partial charge in [0.1, 0.15) is 23.7 Å². The fourth-order valence-electron chi connectivity index (χ4n) is 4.89. The summed E-state index contributed by atoms with van der Waals surface area (Å²) < 4.78 is 26.9. The van der Waals surface area contributed by atoms with E-state index in [4.69, 9.17) is 0 Å². The number of amides is 3. The summed E-state index contributed by atoms with van der Waals surface area (Å²) in [6.07, 6.45) is 0.0744. The molecule has 2 N–H and O–H groups in total. The van der Waals surface area contributed by atoms with E-state index in [0.29, 0.717) is 13.0 Å². The van der Waals surface area contributed by atoms with Gasteiger partial charge in [0.25, 0.3) is 0 Å². The van der Waals surface area contributed by atoms with Crippen molar-refractivity contribution in [1.82, 2.24) is 10.6 Å². The highest BCUT2D eigenvalue weighted by Crippen LogP contribution is 2.39.